The molecule has 1 saturated carbocycles. The first-order valence-corrected chi connectivity index (χ1v) is 8.34. The van der Waals surface area contributed by atoms with E-state index in [0.717, 1.165) is 32.2 Å². The normalized spacial score (nSPS) is 28.2. The highest BCUT2D eigenvalue weighted by atomic mass is 16.4. The van der Waals surface area contributed by atoms with Gasteiger partial charge in [-0.2, -0.15) is 0 Å². The number of carbonyl (C=O) groups excluding carboxylic acids is 1. The smallest absolute Gasteiger partial charge is 0.321 e. The van der Waals surface area contributed by atoms with Crippen LogP contribution in [0.5, 0.6) is 0 Å². The highest BCUT2D eigenvalue weighted by Crippen LogP contribution is 2.23. The first-order valence-electron chi connectivity index (χ1n) is 8.34. The zero-order valence-corrected chi connectivity index (χ0v) is 13.0. The third-order valence-corrected chi connectivity index (χ3v) is 4.89. The minimum absolute atomic E-state index is 0.0734. The van der Waals surface area contributed by atoms with Crippen molar-refractivity contribution >= 4 is 11.9 Å². The summed E-state index contributed by atoms with van der Waals surface area (Å²) < 4.78 is 0. The molecule has 0 bridgehead atoms. The number of piperidine rings is 1. The van der Waals surface area contributed by atoms with Crippen LogP contribution in [0.25, 0.3) is 0 Å². The van der Waals surface area contributed by atoms with Crippen molar-refractivity contribution in [1.82, 2.24) is 10.2 Å². The van der Waals surface area contributed by atoms with E-state index in [-0.39, 0.29) is 11.8 Å². The molecule has 21 heavy (non-hydrogen) atoms. The van der Waals surface area contributed by atoms with Gasteiger partial charge in [0.2, 0.25) is 5.91 Å². The molecule has 2 atom stereocenters. The van der Waals surface area contributed by atoms with Crippen LogP contribution in [0, 0.1) is 5.92 Å². The van der Waals surface area contributed by atoms with E-state index in [2.05, 4.69) is 5.32 Å². The summed E-state index contributed by atoms with van der Waals surface area (Å²) in [5.74, 6) is -0.517. The molecule has 0 aromatic carbocycles. The zero-order valence-electron chi connectivity index (χ0n) is 13.0. The molecular formula is C16H28N2O3. The van der Waals surface area contributed by atoms with Crippen molar-refractivity contribution in [2.24, 2.45) is 5.92 Å². The molecule has 2 fully saturated rings. The number of hydrogen-bond donors (Lipinski definition) is 2. The number of hydrogen-bond acceptors (Lipinski definition) is 3. The summed E-state index contributed by atoms with van der Waals surface area (Å²) in [5.41, 5.74) is 0. The van der Waals surface area contributed by atoms with Crippen LogP contribution in [0.15, 0.2) is 0 Å². The van der Waals surface area contributed by atoms with Gasteiger partial charge in [-0.3, -0.25) is 14.5 Å². The van der Waals surface area contributed by atoms with Gasteiger partial charge in [-0.05, 0) is 38.1 Å². The summed E-state index contributed by atoms with van der Waals surface area (Å²) in [6.45, 7) is 3.34. The highest BCUT2D eigenvalue weighted by molar-refractivity contribution is 5.77. The van der Waals surface area contributed by atoms with Crippen molar-refractivity contribution in [3.05, 3.63) is 0 Å². The fourth-order valence-corrected chi connectivity index (χ4v) is 3.72. The van der Waals surface area contributed by atoms with E-state index in [4.69, 9.17) is 0 Å². The van der Waals surface area contributed by atoms with Crippen molar-refractivity contribution in [2.75, 3.05) is 13.1 Å². The molecule has 120 valence electrons. The van der Waals surface area contributed by atoms with Gasteiger partial charge >= 0.3 is 5.97 Å². The maximum Gasteiger partial charge on any atom is 0.321 e. The van der Waals surface area contributed by atoms with Crippen molar-refractivity contribution in [3.8, 4) is 0 Å². The van der Waals surface area contributed by atoms with Crippen LogP contribution in [0.1, 0.15) is 58.3 Å². The zero-order chi connectivity index (χ0) is 15.2. The Hall–Kier alpha value is -1.10. The second kappa shape index (κ2) is 7.78. The summed E-state index contributed by atoms with van der Waals surface area (Å²) in [6, 6.07) is -0.0944. The number of carbonyl (C=O) groups is 2. The monoisotopic (exact) mass is 296 g/mol. The van der Waals surface area contributed by atoms with Crippen molar-refractivity contribution in [1.29, 1.82) is 0 Å². The lowest BCUT2D eigenvalue weighted by atomic mass is 9.90. The summed E-state index contributed by atoms with van der Waals surface area (Å²) in [7, 11) is 0. The molecule has 2 aliphatic rings. The number of nitrogens with zero attached hydrogens (tertiary/aromatic N) is 1. The van der Waals surface area contributed by atoms with Crippen LogP contribution in [0.4, 0.5) is 0 Å². The fraction of sp³-hybridized carbons (Fsp3) is 0.875. The lowest BCUT2D eigenvalue weighted by molar-refractivity contribution is -0.147. The molecular weight excluding hydrogens is 268 g/mol. The summed E-state index contributed by atoms with van der Waals surface area (Å²) >= 11 is 0. The van der Waals surface area contributed by atoms with Crippen molar-refractivity contribution in [2.45, 2.75) is 70.4 Å². The average molecular weight is 296 g/mol. The van der Waals surface area contributed by atoms with Crippen LogP contribution in [-0.4, -0.2) is 47.1 Å². The largest absolute Gasteiger partial charge is 0.480 e. The number of rotatable bonds is 5. The molecule has 1 saturated heterocycles. The standard InChI is InChI=1S/C16H28N2O3/c1-12-6-5-10-18(15(12)16(20)21)11-9-14(19)17-13-7-3-2-4-8-13/h12-13,15H,2-11H2,1H3,(H,17,19)(H,20,21). The first kappa shape index (κ1) is 16.3. The average Bonchev–Trinajstić information content (AvgIpc) is 2.45. The Kier molecular flexibility index (Phi) is 6.03. The summed E-state index contributed by atoms with van der Waals surface area (Å²) in [5, 5.41) is 12.5. The first-order chi connectivity index (χ1) is 10.1. The molecule has 1 heterocycles. The third kappa shape index (κ3) is 4.70. The van der Waals surface area contributed by atoms with Gasteiger partial charge in [-0.15, -0.1) is 0 Å². The minimum atomic E-state index is -0.755. The highest BCUT2D eigenvalue weighted by Gasteiger charge is 2.34. The van der Waals surface area contributed by atoms with Crippen LogP contribution >= 0.6 is 0 Å². The van der Waals surface area contributed by atoms with E-state index in [9.17, 15) is 14.7 Å². The molecule has 1 amide bonds. The Labute approximate surface area is 127 Å². The third-order valence-electron chi connectivity index (χ3n) is 4.89. The van der Waals surface area contributed by atoms with E-state index in [0.29, 0.717) is 19.0 Å². The summed E-state index contributed by atoms with van der Waals surface area (Å²) in [4.78, 5) is 25.4. The van der Waals surface area contributed by atoms with Gasteiger partial charge in [0.25, 0.3) is 0 Å². The number of carboxylic acid groups (broad SMARTS) is 1. The predicted molar refractivity (Wildman–Crippen MR) is 81.0 cm³/mol. The number of carboxylic acids is 1. The van der Waals surface area contributed by atoms with Gasteiger partial charge in [-0.25, -0.2) is 0 Å². The number of aliphatic carboxylic acids is 1. The second-order valence-corrected chi connectivity index (χ2v) is 6.59. The minimum Gasteiger partial charge on any atom is -0.480 e. The van der Waals surface area contributed by atoms with E-state index >= 15 is 0 Å². The van der Waals surface area contributed by atoms with Crippen molar-refractivity contribution in [3.63, 3.8) is 0 Å². The molecule has 1 aliphatic heterocycles. The van der Waals surface area contributed by atoms with Crippen LogP contribution in [-0.2, 0) is 9.59 Å². The Morgan fingerprint density at radius 3 is 2.52 bits per heavy atom. The lowest BCUT2D eigenvalue weighted by Gasteiger charge is -2.37. The van der Waals surface area contributed by atoms with Crippen LogP contribution < -0.4 is 5.32 Å². The van der Waals surface area contributed by atoms with Gasteiger partial charge in [0.1, 0.15) is 6.04 Å². The Morgan fingerprint density at radius 2 is 1.86 bits per heavy atom. The van der Waals surface area contributed by atoms with Crippen LogP contribution in [0.3, 0.4) is 0 Å². The topological polar surface area (TPSA) is 69.6 Å². The number of likely N-dealkylation sites (tertiary alicyclic amines) is 1. The van der Waals surface area contributed by atoms with E-state index in [1.807, 2.05) is 11.8 Å². The molecule has 5 heteroatoms. The van der Waals surface area contributed by atoms with Crippen LogP contribution in [0.2, 0.25) is 0 Å². The van der Waals surface area contributed by atoms with E-state index < -0.39 is 12.0 Å². The molecule has 2 N–H and O–H groups in total. The van der Waals surface area contributed by atoms with Gasteiger partial charge in [-0.1, -0.05) is 26.2 Å². The second-order valence-electron chi connectivity index (χ2n) is 6.59. The molecule has 5 nitrogen and oxygen atoms in total. The maximum absolute atomic E-state index is 12.0. The molecule has 2 rings (SSSR count). The van der Waals surface area contributed by atoms with Gasteiger partial charge in [0.15, 0.2) is 0 Å². The lowest BCUT2D eigenvalue weighted by Crippen LogP contribution is -2.50. The molecule has 0 aromatic rings. The Morgan fingerprint density at radius 1 is 1.14 bits per heavy atom. The molecule has 0 spiro atoms. The molecule has 0 radical (unpaired) electrons. The SMILES string of the molecule is CC1CCCN(CCC(=O)NC2CCCCC2)C1C(=O)O. The van der Waals surface area contributed by atoms with Gasteiger partial charge < -0.3 is 10.4 Å². The van der Waals surface area contributed by atoms with E-state index in [1.54, 1.807) is 0 Å². The number of amides is 1. The Balaban J connectivity index is 1.77. The van der Waals surface area contributed by atoms with Gasteiger partial charge in [0.05, 0.1) is 0 Å². The molecule has 2 unspecified atom stereocenters. The molecule has 1 aliphatic carbocycles. The fourth-order valence-electron chi connectivity index (χ4n) is 3.72. The van der Waals surface area contributed by atoms with E-state index in [1.165, 1.54) is 19.3 Å². The molecule has 0 aromatic heterocycles. The maximum atomic E-state index is 12.0. The Bertz CT molecular complexity index is 367. The van der Waals surface area contributed by atoms with Gasteiger partial charge in [0, 0.05) is 19.0 Å². The quantitative estimate of drug-likeness (QED) is 0.814. The number of nitrogens with one attached hydrogen (secondary N) is 1. The van der Waals surface area contributed by atoms with Crippen molar-refractivity contribution < 1.29 is 14.7 Å². The summed E-state index contributed by atoms with van der Waals surface area (Å²) in [6.07, 6.45) is 8.25. The predicted octanol–water partition coefficient (Wildman–Crippen LogP) is 2.01.